The van der Waals surface area contributed by atoms with Crippen molar-refractivity contribution in [1.82, 2.24) is 10.9 Å². The van der Waals surface area contributed by atoms with E-state index in [0.717, 1.165) is 11.1 Å². The maximum absolute atomic E-state index is 11.8. The van der Waals surface area contributed by atoms with E-state index in [2.05, 4.69) is 55.9 Å². The summed E-state index contributed by atoms with van der Waals surface area (Å²) in [7, 11) is 0. The van der Waals surface area contributed by atoms with Gasteiger partial charge in [0.15, 0.2) is 0 Å². The van der Waals surface area contributed by atoms with Crippen molar-refractivity contribution in [2.24, 2.45) is 0 Å². The molecule has 1 aromatic carbocycles. The molecule has 1 saturated heterocycles. The molecule has 1 aromatic rings. The van der Waals surface area contributed by atoms with Crippen LogP contribution in [-0.4, -0.2) is 11.4 Å². The summed E-state index contributed by atoms with van der Waals surface area (Å²) in [6.45, 7) is 10.5. The highest BCUT2D eigenvalue weighted by molar-refractivity contribution is 6.01. The molecule has 3 nitrogen and oxygen atoms in total. The van der Waals surface area contributed by atoms with Crippen LogP contribution in [0, 0.1) is 0 Å². The molecule has 1 heterocycles. The summed E-state index contributed by atoms with van der Waals surface area (Å²) in [4.78, 5) is 11.8. The van der Waals surface area contributed by atoms with E-state index in [0.29, 0.717) is 0 Å². The van der Waals surface area contributed by atoms with Crippen molar-refractivity contribution in [1.29, 1.82) is 0 Å². The lowest BCUT2D eigenvalue weighted by molar-refractivity contribution is -0.116. The summed E-state index contributed by atoms with van der Waals surface area (Å²) in [5.41, 5.74) is 8.56. The highest BCUT2D eigenvalue weighted by atomic mass is 16.2. The Kier molecular flexibility index (Phi) is 3.27. The van der Waals surface area contributed by atoms with Gasteiger partial charge in [0.2, 0.25) is 0 Å². The Morgan fingerprint density at radius 1 is 1.11 bits per heavy atom. The third-order valence-electron chi connectivity index (χ3n) is 3.49. The molecule has 0 atom stereocenters. The van der Waals surface area contributed by atoms with Gasteiger partial charge in [0, 0.05) is 5.57 Å². The summed E-state index contributed by atoms with van der Waals surface area (Å²) in [6, 6.07) is 8.38. The van der Waals surface area contributed by atoms with Crippen molar-refractivity contribution in [3.8, 4) is 0 Å². The minimum absolute atomic E-state index is 0.0510. The molecule has 102 valence electrons. The Balaban J connectivity index is 2.31. The van der Waals surface area contributed by atoms with Gasteiger partial charge in [0.1, 0.15) is 0 Å². The molecule has 0 spiro atoms. The molecule has 2 N–H and O–H groups in total. The molecule has 1 aliphatic rings. The third-order valence-corrected chi connectivity index (χ3v) is 3.49. The van der Waals surface area contributed by atoms with Gasteiger partial charge in [0.05, 0.1) is 5.54 Å². The minimum Gasteiger partial charge on any atom is -0.287 e. The summed E-state index contributed by atoms with van der Waals surface area (Å²) in [5, 5.41) is 0. The van der Waals surface area contributed by atoms with Gasteiger partial charge in [-0.05, 0) is 36.5 Å². The SMILES string of the molecule is CC1(C)NNC(=O)/C1=C\c1ccc(C(C)(C)C)cc1. The van der Waals surface area contributed by atoms with Crippen LogP contribution in [0.1, 0.15) is 45.7 Å². The van der Waals surface area contributed by atoms with Crippen LogP contribution in [0.3, 0.4) is 0 Å². The van der Waals surface area contributed by atoms with Crippen molar-refractivity contribution < 1.29 is 4.79 Å². The zero-order valence-electron chi connectivity index (χ0n) is 12.3. The van der Waals surface area contributed by atoms with E-state index < -0.39 is 0 Å². The predicted octanol–water partition coefficient (Wildman–Crippen LogP) is 2.78. The number of benzene rings is 1. The molecule has 2 rings (SSSR count). The molecule has 0 aliphatic carbocycles. The lowest BCUT2D eigenvalue weighted by atomic mass is 9.86. The molecule has 0 unspecified atom stereocenters. The van der Waals surface area contributed by atoms with Gasteiger partial charge in [-0.15, -0.1) is 0 Å². The Morgan fingerprint density at radius 3 is 2.11 bits per heavy atom. The third kappa shape index (κ3) is 2.87. The number of amides is 1. The van der Waals surface area contributed by atoms with E-state index in [1.165, 1.54) is 5.56 Å². The number of hydrogen-bond acceptors (Lipinski definition) is 2. The fraction of sp³-hybridized carbons (Fsp3) is 0.438. The molecule has 3 heteroatoms. The van der Waals surface area contributed by atoms with Crippen LogP contribution in [-0.2, 0) is 10.2 Å². The molecule has 1 fully saturated rings. The maximum atomic E-state index is 11.8. The highest BCUT2D eigenvalue weighted by Gasteiger charge is 2.34. The van der Waals surface area contributed by atoms with Crippen molar-refractivity contribution in [2.45, 2.75) is 45.6 Å². The molecular weight excluding hydrogens is 236 g/mol. The molecule has 0 radical (unpaired) electrons. The van der Waals surface area contributed by atoms with E-state index in [1.54, 1.807) is 0 Å². The van der Waals surface area contributed by atoms with E-state index in [9.17, 15) is 4.79 Å². The standard InChI is InChI=1S/C16H22N2O/c1-15(2,3)12-8-6-11(7-9-12)10-13-14(19)17-18-16(13,4)5/h6-10,18H,1-5H3,(H,17,19)/b13-10+. The molecule has 0 aromatic heterocycles. The van der Waals surface area contributed by atoms with Crippen LogP contribution in [0.25, 0.3) is 6.08 Å². The maximum Gasteiger partial charge on any atom is 0.263 e. The first-order valence-electron chi connectivity index (χ1n) is 6.60. The second kappa shape index (κ2) is 4.49. The molecular formula is C16H22N2O. The van der Waals surface area contributed by atoms with Crippen LogP contribution in [0.5, 0.6) is 0 Å². The molecule has 0 saturated carbocycles. The largest absolute Gasteiger partial charge is 0.287 e. The normalized spacial score (nSPS) is 20.7. The van der Waals surface area contributed by atoms with Gasteiger partial charge >= 0.3 is 0 Å². The van der Waals surface area contributed by atoms with Gasteiger partial charge in [-0.2, -0.15) is 0 Å². The number of carbonyl (C=O) groups excluding carboxylic acids is 1. The predicted molar refractivity (Wildman–Crippen MR) is 78.5 cm³/mol. The zero-order chi connectivity index (χ0) is 14.3. The van der Waals surface area contributed by atoms with Gasteiger partial charge in [0.25, 0.3) is 5.91 Å². The van der Waals surface area contributed by atoms with E-state index in [4.69, 9.17) is 0 Å². The fourth-order valence-corrected chi connectivity index (χ4v) is 2.12. The average molecular weight is 258 g/mol. The number of hydrogen-bond donors (Lipinski definition) is 2. The number of hydrazine groups is 1. The van der Waals surface area contributed by atoms with Crippen LogP contribution < -0.4 is 10.9 Å². The van der Waals surface area contributed by atoms with E-state index in [1.807, 2.05) is 19.9 Å². The molecule has 19 heavy (non-hydrogen) atoms. The number of carbonyl (C=O) groups is 1. The summed E-state index contributed by atoms with van der Waals surface area (Å²) >= 11 is 0. The van der Waals surface area contributed by atoms with Crippen LogP contribution in [0.2, 0.25) is 0 Å². The molecule has 0 bridgehead atoms. The Hall–Kier alpha value is -1.61. The minimum atomic E-state index is -0.334. The molecule has 1 amide bonds. The topological polar surface area (TPSA) is 41.1 Å². The first kappa shape index (κ1) is 13.8. The Bertz CT molecular complexity index is 519. The van der Waals surface area contributed by atoms with Crippen molar-refractivity contribution >= 4 is 12.0 Å². The first-order chi connectivity index (χ1) is 8.70. The van der Waals surface area contributed by atoms with E-state index in [-0.39, 0.29) is 16.9 Å². The fourth-order valence-electron chi connectivity index (χ4n) is 2.12. The van der Waals surface area contributed by atoms with Gasteiger partial charge in [-0.25, -0.2) is 5.43 Å². The number of nitrogens with one attached hydrogen (secondary N) is 2. The summed E-state index contributed by atoms with van der Waals surface area (Å²) in [5.74, 6) is -0.0510. The summed E-state index contributed by atoms with van der Waals surface area (Å²) < 4.78 is 0. The second-order valence-corrected chi connectivity index (χ2v) is 6.63. The Morgan fingerprint density at radius 2 is 1.68 bits per heavy atom. The highest BCUT2D eigenvalue weighted by Crippen LogP contribution is 2.25. The van der Waals surface area contributed by atoms with E-state index >= 15 is 0 Å². The second-order valence-electron chi connectivity index (χ2n) is 6.63. The van der Waals surface area contributed by atoms with Gasteiger partial charge < -0.3 is 0 Å². The van der Waals surface area contributed by atoms with Crippen LogP contribution >= 0.6 is 0 Å². The lowest BCUT2D eigenvalue weighted by Gasteiger charge is -2.19. The monoisotopic (exact) mass is 258 g/mol. The molecule has 1 aliphatic heterocycles. The lowest BCUT2D eigenvalue weighted by Crippen LogP contribution is -2.38. The quantitative estimate of drug-likeness (QED) is 0.761. The van der Waals surface area contributed by atoms with Crippen molar-refractivity contribution in [3.63, 3.8) is 0 Å². The van der Waals surface area contributed by atoms with Crippen molar-refractivity contribution in [2.75, 3.05) is 0 Å². The smallest absolute Gasteiger partial charge is 0.263 e. The Labute approximate surface area is 115 Å². The zero-order valence-corrected chi connectivity index (χ0v) is 12.3. The van der Waals surface area contributed by atoms with Crippen molar-refractivity contribution in [3.05, 3.63) is 41.0 Å². The summed E-state index contributed by atoms with van der Waals surface area (Å²) in [6.07, 6.45) is 1.95. The van der Waals surface area contributed by atoms with Gasteiger partial charge in [-0.3, -0.25) is 10.2 Å². The first-order valence-corrected chi connectivity index (χ1v) is 6.60. The van der Waals surface area contributed by atoms with Crippen LogP contribution in [0.15, 0.2) is 29.8 Å². The average Bonchev–Trinajstić information content (AvgIpc) is 2.56. The van der Waals surface area contributed by atoms with Crippen LogP contribution in [0.4, 0.5) is 0 Å². The van der Waals surface area contributed by atoms with Gasteiger partial charge in [-0.1, -0.05) is 45.0 Å². The number of rotatable bonds is 1.